The van der Waals surface area contributed by atoms with Crippen LogP contribution in [0.4, 0.5) is 11.4 Å². The van der Waals surface area contributed by atoms with Gasteiger partial charge in [0.05, 0.1) is 5.69 Å². The van der Waals surface area contributed by atoms with Crippen LogP contribution in [0.3, 0.4) is 0 Å². The van der Waals surface area contributed by atoms with E-state index in [4.69, 9.17) is 4.98 Å². The van der Waals surface area contributed by atoms with E-state index in [9.17, 15) is 14.7 Å². The molecule has 0 unspecified atom stereocenters. The molecule has 1 saturated carbocycles. The van der Waals surface area contributed by atoms with Gasteiger partial charge < -0.3 is 20.3 Å². The Kier molecular flexibility index (Phi) is 7.18. The molecule has 7 nitrogen and oxygen atoms in total. The van der Waals surface area contributed by atoms with Gasteiger partial charge in [-0.05, 0) is 86.4 Å². The summed E-state index contributed by atoms with van der Waals surface area (Å²) in [6.07, 6.45) is 10.3. The second kappa shape index (κ2) is 10.7. The van der Waals surface area contributed by atoms with Gasteiger partial charge in [0.2, 0.25) is 0 Å². The minimum absolute atomic E-state index is 0.0840. The predicted octanol–water partition coefficient (Wildman–Crippen LogP) is 4.77. The molecule has 2 fully saturated rings. The molecule has 2 aliphatic rings. The summed E-state index contributed by atoms with van der Waals surface area (Å²) in [5, 5.41) is 12.7. The Bertz CT molecular complexity index is 1260. The number of carbonyl (C=O) groups excluding carboxylic acids is 1. The minimum atomic E-state index is -0.363. The summed E-state index contributed by atoms with van der Waals surface area (Å²) < 4.78 is 0. The minimum Gasteiger partial charge on any atom is -0.396 e. The Morgan fingerprint density at radius 3 is 2.50 bits per heavy atom. The molecular weight excluding hydrogens is 452 g/mol. The Hall–Kier alpha value is -3.45. The molecule has 36 heavy (non-hydrogen) atoms. The number of aromatic nitrogens is 2. The number of piperidine rings is 1. The zero-order valence-electron chi connectivity index (χ0n) is 20.6. The number of hydrogen-bond donors (Lipinski definition) is 3. The van der Waals surface area contributed by atoms with Crippen LogP contribution in [-0.4, -0.2) is 40.7 Å². The summed E-state index contributed by atoms with van der Waals surface area (Å²) in [7, 11) is 0. The van der Waals surface area contributed by atoms with Gasteiger partial charge in [-0.25, -0.2) is 0 Å². The molecule has 188 valence electrons. The number of benzene rings is 1. The number of aromatic amines is 1. The van der Waals surface area contributed by atoms with E-state index >= 15 is 0 Å². The molecule has 1 aliphatic heterocycles. The molecule has 2 aromatic heterocycles. The molecule has 5 rings (SSSR count). The third kappa shape index (κ3) is 5.36. The van der Waals surface area contributed by atoms with Crippen LogP contribution in [0.15, 0.2) is 59.5 Å². The van der Waals surface area contributed by atoms with Crippen molar-refractivity contribution in [2.24, 2.45) is 5.41 Å². The van der Waals surface area contributed by atoms with Crippen LogP contribution in [0.1, 0.15) is 61.0 Å². The first-order valence-corrected chi connectivity index (χ1v) is 13.0. The van der Waals surface area contributed by atoms with Gasteiger partial charge in [-0.1, -0.05) is 18.9 Å². The summed E-state index contributed by atoms with van der Waals surface area (Å²) >= 11 is 0. The van der Waals surface area contributed by atoms with Gasteiger partial charge in [-0.2, -0.15) is 0 Å². The van der Waals surface area contributed by atoms with Crippen molar-refractivity contribution in [3.05, 3.63) is 76.3 Å². The first kappa shape index (κ1) is 24.3. The lowest BCUT2D eigenvalue weighted by Crippen LogP contribution is -2.29. The number of nitrogens with one attached hydrogen (secondary N) is 2. The molecular formula is C29H34N4O3. The maximum atomic E-state index is 12.9. The highest BCUT2D eigenvalue weighted by molar-refractivity contribution is 6.04. The van der Waals surface area contributed by atoms with E-state index in [1.807, 2.05) is 42.5 Å². The number of rotatable bonds is 7. The van der Waals surface area contributed by atoms with E-state index in [-0.39, 0.29) is 29.2 Å². The highest BCUT2D eigenvalue weighted by Crippen LogP contribution is 2.40. The second-order valence-corrected chi connectivity index (χ2v) is 10.2. The zero-order chi connectivity index (χ0) is 25.0. The Balaban J connectivity index is 1.31. The molecule has 3 heterocycles. The predicted molar refractivity (Wildman–Crippen MR) is 142 cm³/mol. The Labute approximate surface area is 211 Å². The van der Waals surface area contributed by atoms with Gasteiger partial charge >= 0.3 is 0 Å². The van der Waals surface area contributed by atoms with Crippen molar-refractivity contribution in [1.29, 1.82) is 0 Å². The van der Waals surface area contributed by atoms with E-state index in [1.54, 1.807) is 12.3 Å². The smallest absolute Gasteiger partial charge is 0.271 e. The first-order valence-electron chi connectivity index (χ1n) is 13.0. The standard InChI is InChI=1S/C29H34N4O3/c34-20-29(13-2-3-14-29)18-23-7-6-8-25(31-23)22-17-26(28(36)30-19-22)32-27(35)21-9-11-24(12-10-21)33-15-4-1-5-16-33/h6-12,17,19,34H,1-5,13-16,18,20H2,(H,30,36)(H,32,35). The molecule has 1 amide bonds. The summed E-state index contributed by atoms with van der Waals surface area (Å²) in [6, 6.07) is 15.1. The second-order valence-electron chi connectivity index (χ2n) is 10.2. The Morgan fingerprint density at radius 1 is 1.03 bits per heavy atom. The highest BCUT2D eigenvalue weighted by Gasteiger charge is 2.33. The SMILES string of the molecule is O=C(Nc1cc(-c2cccc(CC3(CO)CCCC3)n2)c[nH]c1=O)c1ccc(N2CCCCC2)cc1. The van der Waals surface area contributed by atoms with Crippen LogP contribution in [0.25, 0.3) is 11.3 Å². The van der Waals surface area contributed by atoms with Gasteiger partial charge in [0.1, 0.15) is 5.69 Å². The molecule has 0 atom stereocenters. The molecule has 3 aromatic rings. The quantitative estimate of drug-likeness (QED) is 0.447. The van der Waals surface area contributed by atoms with Gasteiger partial charge in [-0.15, -0.1) is 0 Å². The van der Waals surface area contributed by atoms with Crippen molar-refractivity contribution in [1.82, 2.24) is 9.97 Å². The van der Waals surface area contributed by atoms with Crippen molar-refractivity contribution in [2.45, 2.75) is 51.4 Å². The van der Waals surface area contributed by atoms with Crippen molar-refractivity contribution in [3.8, 4) is 11.3 Å². The van der Waals surface area contributed by atoms with Crippen molar-refractivity contribution < 1.29 is 9.90 Å². The fraction of sp³-hybridized carbons (Fsp3) is 0.414. The first-order chi connectivity index (χ1) is 17.5. The van der Waals surface area contributed by atoms with Gasteiger partial charge in [0.15, 0.2) is 0 Å². The lowest BCUT2D eigenvalue weighted by molar-refractivity contribution is 0.102. The normalized spacial score (nSPS) is 17.2. The van der Waals surface area contributed by atoms with Crippen LogP contribution >= 0.6 is 0 Å². The van der Waals surface area contributed by atoms with E-state index < -0.39 is 0 Å². The van der Waals surface area contributed by atoms with Gasteiger partial charge in [0.25, 0.3) is 11.5 Å². The molecule has 1 aromatic carbocycles. The molecule has 1 aliphatic carbocycles. The number of hydrogen-bond acceptors (Lipinski definition) is 5. The lowest BCUT2D eigenvalue weighted by Gasteiger charge is -2.28. The van der Waals surface area contributed by atoms with Crippen LogP contribution in [-0.2, 0) is 6.42 Å². The van der Waals surface area contributed by atoms with E-state index in [0.29, 0.717) is 5.56 Å². The lowest BCUT2D eigenvalue weighted by atomic mass is 9.82. The van der Waals surface area contributed by atoms with E-state index in [2.05, 4.69) is 15.2 Å². The van der Waals surface area contributed by atoms with E-state index in [0.717, 1.165) is 67.8 Å². The molecule has 3 N–H and O–H groups in total. The van der Waals surface area contributed by atoms with Gasteiger partial charge in [0, 0.05) is 48.4 Å². The summed E-state index contributed by atoms with van der Waals surface area (Å²) in [6.45, 7) is 2.26. The van der Waals surface area contributed by atoms with E-state index in [1.165, 1.54) is 19.3 Å². The number of H-pyrrole nitrogens is 1. The Morgan fingerprint density at radius 2 is 1.78 bits per heavy atom. The van der Waals surface area contributed by atoms with Crippen LogP contribution < -0.4 is 15.8 Å². The summed E-state index contributed by atoms with van der Waals surface area (Å²) in [5.41, 5.74) is 3.73. The topological polar surface area (TPSA) is 98.3 Å². The van der Waals surface area contributed by atoms with Gasteiger partial charge in [-0.3, -0.25) is 14.6 Å². The van der Waals surface area contributed by atoms with Crippen molar-refractivity contribution in [2.75, 3.05) is 29.9 Å². The number of aliphatic hydroxyl groups excluding tert-OH is 1. The monoisotopic (exact) mass is 486 g/mol. The average molecular weight is 487 g/mol. The third-order valence-electron chi connectivity index (χ3n) is 7.66. The molecule has 1 saturated heterocycles. The number of aliphatic hydroxyl groups is 1. The van der Waals surface area contributed by atoms with Crippen molar-refractivity contribution in [3.63, 3.8) is 0 Å². The van der Waals surface area contributed by atoms with Crippen LogP contribution in [0.2, 0.25) is 0 Å². The number of nitrogens with zero attached hydrogens (tertiary/aromatic N) is 2. The van der Waals surface area contributed by atoms with Crippen LogP contribution in [0, 0.1) is 5.41 Å². The maximum absolute atomic E-state index is 12.9. The fourth-order valence-corrected chi connectivity index (χ4v) is 5.53. The number of carbonyl (C=O) groups is 1. The highest BCUT2D eigenvalue weighted by atomic mass is 16.3. The fourth-order valence-electron chi connectivity index (χ4n) is 5.53. The third-order valence-corrected chi connectivity index (χ3v) is 7.66. The van der Waals surface area contributed by atoms with Crippen molar-refractivity contribution >= 4 is 17.3 Å². The number of pyridine rings is 2. The molecule has 0 bridgehead atoms. The maximum Gasteiger partial charge on any atom is 0.271 e. The number of anilines is 2. The molecule has 7 heteroatoms. The number of amides is 1. The average Bonchev–Trinajstić information content (AvgIpc) is 3.39. The largest absolute Gasteiger partial charge is 0.396 e. The zero-order valence-corrected chi connectivity index (χ0v) is 20.6. The molecule has 0 spiro atoms. The van der Waals surface area contributed by atoms with Crippen LogP contribution in [0.5, 0.6) is 0 Å². The summed E-state index contributed by atoms with van der Waals surface area (Å²) in [4.78, 5) is 35.3. The summed E-state index contributed by atoms with van der Waals surface area (Å²) in [5.74, 6) is -0.323. The molecule has 0 radical (unpaired) electrons.